The van der Waals surface area contributed by atoms with Crippen LogP contribution in [0.1, 0.15) is 5.69 Å². The van der Waals surface area contributed by atoms with E-state index in [-0.39, 0.29) is 15.9 Å². The predicted molar refractivity (Wildman–Crippen MR) is 51.2 cm³/mol. The quantitative estimate of drug-likeness (QED) is 0.716. The van der Waals surface area contributed by atoms with Crippen LogP contribution in [0.15, 0.2) is 24.3 Å². The monoisotopic (exact) mass is 246 g/mol. The number of rotatable bonds is 0. The smallest absolute Gasteiger partial charge is 0.433 e. The number of fused-ring (bicyclic) bond motifs is 1. The van der Waals surface area contributed by atoms with Gasteiger partial charge in [-0.05, 0) is 17.5 Å². The average Bonchev–Trinajstić information content (AvgIpc) is 2.18. The van der Waals surface area contributed by atoms with E-state index in [1.807, 2.05) is 0 Å². The summed E-state index contributed by atoms with van der Waals surface area (Å²) in [7, 11) is 0. The molecule has 0 saturated carbocycles. The molecule has 2 rings (SSSR count). The summed E-state index contributed by atoms with van der Waals surface area (Å²) in [4.78, 5) is 3.35. The van der Waals surface area contributed by atoms with Crippen molar-refractivity contribution in [2.45, 2.75) is 6.18 Å². The van der Waals surface area contributed by atoms with Gasteiger partial charge >= 0.3 is 6.18 Å². The van der Waals surface area contributed by atoms with E-state index in [4.69, 9.17) is 11.6 Å². The fourth-order valence-electron chi connectivity index (χ4n) is 1.33. The van der Waals surface area contributed by atoms with Gasteiger partial charge in [-0.15, -0.1) is 0 Å². The lowest BCUT2D eigenvalue weighted by Gasteiger charge is -2.14. The van der Waals surface area contributed by atoms with E-state index in [1.165, 1.54) is 18.2 Å². The molecule has 6 heteroatoms. The Labute approximate surface area is 93.3 Å². The summed E-state index contributed by atoms with van der Waals surface area (Å²) in [5.74, 6) is -0.736. The van der Waals surface area contributed by atoms with Gasteiger partial charge in [0, 0.05) is 0 Å². The van der Waals surface area contributed by atoms with E-state index in [0.717, 1.165) is 0 Å². The Morgan fingerprint density at radius 1 is 1.25 bits per heavy atom. The van der Waals surface area contributed by atoms with E-state index < -0.39 is 17.6 Å². The Bertz CT molecular complexity index is 553. The van der Waals surface area contributed by atoms with Gasteiger partial charge in [0.05, 0.1) is 10.5 Å². The van der Waals surface area contributed by atoms with Gasteiger partial charge in [0.2, 0.25) is 0 Å². The number of alkyl halides is 3. The first-order valence-electron chi connectivity index (χ1n) is 4.23. The summed E-state index contributed by atoms with van der Waals surface area (Å²) in [5, 5.41) is 11.5. The largest absolute Gasteiger partial charge is 0.872 e. The minimum absolute atomic E-state index is 0.0284. The molecule has 16 heavy (non-hydrogen) atoms. The molecule has 0 unspecified atom stereocenters. The molecule has 0 saturated heterocycles. The lowest BCUT2D eigenvalue weighted by molar-refractivity contribution is -0.266. The second-order valence-corrected chi connectivity index (χ2v) is 3.55. The molecule has 0 atom stereocenters. The normalized spacial score (nSPS) is 12.0. The molecule has 0 amide bonds. The van der Waals surface area contributed by atoms with Crippen molar-refractivity contribution in [3.63, 3.8) is 0 Å². The molecule has 1 aromatic heterocycles. The third-order valence-corrected chi connectivity index (χ3v) is 2.35. The summed E-state index contributed by atoms with van der Waals surface area (Å²) < 4.78 is 37.1. The Balaban J connectivity index is 2.81. The molecule has 2 aromatic rings. The maximum Gasteiger partial charge on any atom is 0.433 e. The van der Waals surface area contributed by atoms with E-state index in [1.54, 1.807) is 0 Å². The standard InChI is InChI=1S/C10H5ClF3NO/c11-6-3-1-2-5-7(16)4-8(10(12,13)14)15-9(5)6/h1-4H,(H,15,16)/p-1. The highest BCUT2D eigenvalue weighted by Gasteiger charge is 2.32. The zero-order chi connectivity index (χ0) is 11.9. The first kappa shape index (κ1) is 11.0. The first-order valence-corrected chi connectivity index (χ1v) is 4.61. The van der Waals surface area contributed by atoms with Crippen molar-refractivity contribution in [1.82, 2.24) is 4.98 Å². The molecule has 1 heterocycles. The Morgan fingerprint density at radius 3 is 2.56 bits per heavy atom. The Morgan fingerprint density at radius 2 is 1.94 bits per heavy atom. The van der Waals surface area contributed by atoms with Crippen LogP contribution >= 0.6 is 11.6 Å². The fourth-order valence-corrected chi connectivity index (χ4v) is 1.54. The maximum absolute atomic E-state index is 12.4. The predicted octanol–water partition coefficient (Wildman–Crippen LogP) is 2.98. The van der Waals surface area contributed by atoms with Gasteiger partial charge in [-0.3, -0.25) is 0 Å². The number of pyridine rings is 1. The van der Waals surface area contributed by atoms with Crippen LogP contribution in [0.25, 0.3) is 10.9 Å². The summed E-state index contributed by atoms with van der Waals surface area (Å²) in [5.41, 5.74) is -1.35. The lowest BCUT2D eigenvalue weighted by atomic mass is 10.2. The van der Waals surface area contributed by atoms with Gasteiger partial charge in [0.25, 0.3) is 0 Å². The minimum Gasteiger partial charge on any atom is -0.872 e. The molecular formula is C10H4ClF3NO-. The average molecular weight is 247 g/mol. The molecular weight excluding hydrogens is 243 g/mol. The van der Waals surface area contributed by atoms with Crippen LogP contribution < -0.4 is 5.11 Å². The number of hydrogen-bond donors (Lipinski definition) is 0. The highest BCUT2D eigenvalue weighted by atomic mass is 35.5. The topological polar surface area (TPSA) is 36.0 Å². The van der Waals surface area contributed by atoms with Gasteiger partial charge in [0.1, 0.15) is 5.69 Å². The van der Waals surface area contributed by atoms with Gasteiger partial charge in [-0.1, -0.05) is 29.5 Å². The third kappa shape index (κ3) is 1.78. The minimum atomic E-state index is -4.65. The van der Waals surface area contributed by atoms with E-state index in [2.05, 4.69) is 4.98 Å². The third-order valence-electron chi connectivity index (χ3n) is 2.04. The van der Waals surface area contributed by atoms with Gasteiger partial charge in [-0.2, -0.15) is 13.2 Å². The second kappa shape index (κ2) is 3.52. The molecule has 0 aliphatic rings. The number of benzene rings is 1. The van der Waals surface area contributed by atoms with Crippen molar-refractivity contribution in [3.05, 3.63) is 35.0 Å². The summed E-state index contributed by atoms with van der Waals surface area (Å²) in [6.45, 7) is 0. The van der Waals surface area contributed by atoms with Crippen molar-refractivity contribution in [3.8, 4) is 5.75 Å². The maximum atomic E-state index is 12.4. The van der Waals surface area contributed by atoms with Crippen molar-refractivity contribution >= 4 is 22.5 Å². The van der Waals surface area contributed by atoms with Crippen LogP contribution in [0.5, 0.6) is 5.75 Å². The highest BCUT2D eigenvalue weighted by Crippen LogP contribution is 2.34. The molecule has 1 aromatic carbocycles. The van der Waals surface area contributed by atoms with Crippen molar-refractivity contribution in [2.75, 3.05) is 0 Å². The Kier molecular flexibility index (Phi) is 2.42. The Hall–Kier alpha value is -1.49. The zero-order valence-corrected chi connectivity index (χ0v) is 8.43. The molecule has 0 aliphatic heterocycles. The molecule has 2 nitrogen and oxygen atoms in total. The molecule has 0 N–H and O–H groups in total. The molecule has 0 bridgehead atoms. The first-order chi connectivity index (χ1) is 7.39. The summed E-state index contributed by atoms with van der Waals surface area (Å²) in [6.07, 6.45) is -4.65. The molecule has 0 spiro atoms. The van der Waals surface area contributed by atoms with Crippen molar-refractivity contribution < 1.29 is 18.3 Å². The SMILES string of the molecule is [O-]c1cc(C(F)(F)F)nc2c(Cl)cccc12. The summed E-state index contributed by atoms with van der Waals surface area (Å²) in [6, 6.07) is 4.73. The van der Waals surface area contributed by atoms with Crippen molar-refractivity contribution in [1.29, 1.82) is 0 Å². The second-order valence-electron chi connectivity index (χ2n) is 3.14. The van der Waals surface area contributed by atoms with E-state index in [9.17, 15) is 18.3 Å². The number of halogens is 4. The van der Waals surface area contributed by atoms with Crippen LogP contribution in [0.3, 0.4) is 0 Å². The van der Waals surface area contributed by atoms with Gasteiger partial charge in [0.15, 0.2) is 0 Å². The van der Waals surface area contributed by atoms with Crippen LogP contribution in [0.4, 0.5) is 13.2 Å². The summed E-state index contributed by atoms with van der Waals surface area (Å²) >= 11 is 5.68. The number of aromatic nitrogens is 1. The highest BCUT2D eigenvalue weighted by molar-refractivity contribution is 6.35. The molecule has 0 radical (unpaired) electrons. The molecule has 84 valence electrons. The molecule has 0 aliphatic carbocycles. The van der Waals surface area contributed by atoms with Crippen LogP contribution in [0.2, 0.25) is 5.02 Å². The number of hydrogen-bond acceptors (Lipinski definition) is 2. The van der Waals surface area contributed by atoms with Gasteiger partial charge < -0.3 is 5.11 Å². The van der Waals surface area contributed by atoms with E-state index in [0.29, 0.717) is 6.07 Å². The van der Waals surface area contributed by atoms with Crippen LogP contribution in [0, 0.1) is 0 Å². The molecule has 0 fully saturated rings. The van der Waals surface area contributed by atoms with Crippen molar-refractivity contribution in [2.24, 2.45) is 0 Å². The van der Waals surface area contributed by atoms with E-state index >= 15 is 0 Å². The van der Waals surface area contributed by atoms with Crippen LogP contribution in [-0.2, 0) is 6.18 Å². The number of nitrogens with zero attached hydrogens (tertiary/aromatic N) is 1. The lowest BCUT2D eigenvalue weighted by Crippen LogP contribution is -2.09. The van der Waals surface area contributed by atoms with Crippen LogP contribution in [-0.4, -0.2) is 4.98 Å². The zero-order valence-electron chi connectivity index (χ0n) is 7.68. The number of para-hydroxylation sites is 1. The van der Waals surface area contributed by atoms with Gasteiger partial charge in [-0.25, -0.2) is 4.98 Å². The fraction of sp³-hybridized carbons (Fsp3) is 0.100.